The highest BCUT2D eigenvalue weighted by Gasteiger charge is 2.34. The Labute approximate surface area is 220 Å². The van der Waals surface area contributed by atoms with Gasteiger partial charge in [0.15, 0.2) is 17.3 Å². The van der Waals surface area contributed by atoms with Crippen LogP contribution in [0.3, 0.4) is 0 Å². The second-order valence-corrected chi connectivity index (χ2v) is 9.53. The lowest BCUT2D eigenvalue weighted by molar-refractivity contribution is -0.838. The molecule has 11 heteroatoms. The molecule has 2 heterocycles. The van der Waals surface area contributed by atoms with Gasteiger partial charge in [0.2, 0.25) is 11.8 Å². The summed E-state index contributed by atoms with van der Waals surface area (Å²) in [6, 6.07) is 11.7. The van der Waals surface area contributed by atoms with Gasteiger partial charge in [-0.05, 0) is 11.6 Å². The van der Waals surface area contributed by atoms with Gasteiger partial charge in [-0.15, -0.1) is 0 Å². The molecule has 2 aliphatic rings. The van der Waals surface area contributed by atoms with Crippen LogP contribution in [0.15, 0.2) is 42.5 Å². The quantitative estimate of drug-likeness (QED) is 0.415. The van der Waals surface area contributed by atoms with E-state index in [1.54, 1.807) is 29.2 Å². The number of nitrogens with zero attached hydrogens (tertiary/aromatic N) is 2. The molecule has 38 heavy (non-hydrogen) atoms. The van der Waals surface area contributed by atoms with Gasteiger partial charge in [-0.25, -0.2) is 9.18 Å². The molecule has 0 aromatic heterocycles. The number of quaternary nitrogens is 1. The maximum atomic E-state index is 15.1. The summed E-state index contributed by atoms with van der Waals surface area (Å²) in [4.78, 5) is 52.4. The first-order valence-electron chi connectivity index (χ1n) is 12.7. The topological polar surface area (TPSA) is 126 Å². The highest BCUT2D eigenvalue weighted by molar-refractivity contribution is 5.98. The summed E-state index contributed by atoms with van der Waals surface area (Å²) < 4.78 is 20.3. The number of Topliss-reactive ketones (excluding diaryl/α,β-unsaturated/α-hetero) is 1. The smallest absolute Gasteiger partial charge is 0.414 e. The minimum absolute atomic E-state index is 0.0864. The van der Waals surface area contributed by atoms with E-state index >= 15 is 4.39 Å². The van der Waals surface area contributed by atoms with Gasteiger partial charge in [0, 0.05) is 44.0 Å². The van der Waals surface area contributed by atoms with Crippen molar-refractivity contribution >= 4 is 35.1 Å². The number of carbonyl (C=O) groups excluding carboxylic acids is 4. The number of halogens is 1. The Balaban J connectivity index is 1.27. The van der Waals surface area contributed by atoms with E-state index in [9.17, 15) is 19.2 Å². The number of amides is 3. The molecule has 202 valence electrons. The molecule has 10 nitrogen and oxygen atoms in total. The molecule has 0 spiro atoms. The third kappa shape index (κ3) is 6.53. The molecule has 4 N–H and O–H groups in total. The van der Waals surface area contributed by atoms with Crippen molar-refractivity contribution in [3.8, 4) is 0 Å². The minimum atomic E-state index is -0.585. The third-order valence-corrected chi connectivity index (χ3v) is 6.90. The van der Waals surface area contributed by atoms with E-state index in [2.05, 4.69) is 5.32 Å². The monoisotopic (exact) mass is 526 g/mol. The molecule has 0 bridgehead atoms. The van der Waals surface area contributed by atoms with Crippen LogP contribution in [0, 0.1) is 5.82 Å². The van der Waals surface area contributed by atoms with Gasteiger partial charge in [-0.3, -0.25) is 24.2 Å². The average Bonchev–Trinajstić information content (AvgIpc) is 3.30. The molecular formula is C27H33FN5O5+. The number of hydrogen-bond acceptors (Lipinski definition) is 6. The summed E-state index contributed by atoms with van der Waals surface area (Å²) in [5.41, 5.74) is 7.95. The van der Waals surface area contributed by atoms with Crippen molar-refractivity contribution in [2.24, 2.45) is 5.73 Å². The molecule has 1 atom stereocenters. The van der Waals surface area contributed by atoms with E-state index in [1.165, 1.54) is 17.9 Å². The fourth-order valence-electron chi connectivity index (χ4n) is 4.70. The van der Waals surface area contributed by atoms with Crippen molar-refractivity contribution in [3.05, 3.63) is 59.4 Å². The molecule has 2 aromatic rings. The molecule has 2 fully saturated rings. The van der Waals surface area contributed by atoms with Gasteiger partial charge in [0.05, 0.1) is 45.0 Å². The lowest BCUT2D eigenvalue weighted by Gasteiger charge is -2.32. The summed E-state index contributed by atoms with van der Waals surface area (Å²) in [6.07, 6.45) is -0.824. The van der Waals surface area contributed by atoms with Crippen LogP contribution < -0.4 is 20.9 Å². The lowest BCUT2D eigenvalue weighted by Crippen LogP contribution is -3.10. The van der Waals surface area contributed by atoms with Gasteiger partial charge >= 0.3 is 6.09 Å². The van der Waals surface area contributed by atoms with Crippen molar-refractivity contribution in [2.75, 3.05) is 44.2 Å². The van der Waals surface area contributed by atoms with E-state index in [1.807, 2.05) is 12.1 Å². The zero-order chi connectivity index (χ0) is 27.2. The number of nitrogens with one attached hydrogen (secondary N) is 2. The predicted molar refractivity (Wildman–Crippen MR) is 138 cm³/mol. The number of ketones is 1. The molecule has 0 unspecified atom stereocenters. The van der Waals surface area contributed by atoms with Crippen molar-refractivity contribution in [1.29, 1.82) is 0 Å². The Morgan fingerprint density at radius 1 is 1.11 bits per heavy atom. The first kappa shape index (κ1) is 27.2. The average molecular weight is 527 g/mol. The van der Waals surface area contributed by atoms with Crippen LogP contribution in [0.1, 0.15) is 35.7 Å². The molecule has 0 radical (unpaired) electrons. The normalized spacial score (nSPS) is 17.9. The number of anilines is 1. The Hall–Kier alpha value is -3.83. The van der Waals surface area contributed by atoms with Crippen molar-refractivity contribution in [1.82, 2.24) is 10.2 Å². The van der Waals surface area contributed by atoms with Gasteiger partial charge in [0.25, 0.3) is 0 Å². The van der Waals surface area contributed by atoms with E-state index in [0.29, 0.717) is 49.7 Å². The number of hydrogen-bond donors (Lipinski definition) is 3. The number of benzene rings is 2. The summed E-state index contributed by atoms with van der Waals surface area (Å²) in [7, 11) is 0. The lowest BCUT2D eigenvalue weighted by atomic mass is 10.0. The molecule has 2 aromatic carbocycles. The Bertz CT molecular complexity index is 1200. The first-order chi connectivity index (χ1) is 18.2. The summed E-state index contributed by atoms with van der Waals surface area (Å²) in [6.45, 7) is 4.17. The van der Waals surface area contributed by atoms with Gasteiger partial charge in [0.1, 0.15) is 6.10 Å². The number of piperazine rings is 1. The van der Waals surface area contributed by atoms with Crippen LogP contribution in [0.5, 0.6) is 0 Å². The number of cyclic esters (lactones) is 1. The van der Waals surface area contributed by atoms with Crippen LogP contribution in [0.4, 0.5) is 20.6 Å². The van der Waals surface area contributed by atoms with Crippen LogP contribution in [-0.2, 0) is 20.9 Å². The summed E-state index contributed by atoms with van der Waals surface area (Å²) >= 11 is 0. The van der Waals surface area contributed by atoms with Gasteiger partial charge in [-0.2, -0.15) is 0 Å². The van der Waals surface area contributed by atoms with E-state index in [-0.39, 0.29) is 43.5 Å². The van der Waals surface area contributed by atoms with Crippen LogP contribution in [0.25, 0.3) is 0 Å². The third-order valence-electron chi connectivity index (χ3n) is 6.90. The fourth-order valence-corrected chi connectivity index (χ4v) is 4.70. The first-order valence-corrected chi connectivity index (χ1v) is 12.7. The molecule has 3 amide bonds. The Morgan fingerprint density at radius 2 is 1.82 bits per heavy atom. The fraction of sp³-hybridized carbons (Fsp3) is 0.407. The van der Waals surface area contributed by atoms with E-state index < -0.39 is 18.0 Å². The highest BCUT2D eigenvalue weighted by Crippen LogP contribution is 2.25. The zero-order valence-electron chi connectivity index (χ0n) is 21.4. The van der Waals surface area contributed by atoms with Crippen LogP contribution in [0.2, 0.25) is 0 Å². The van der Waals surface area contributed by atoms with Crippen LogP contribution in [-0.4, -0.2) is 74.0 Å². The number of carbonyl (C=O) groups is 4. The number of rotatable bonds is 9. The zero-order valence-corrected chi connectivity index (χ0v) is 21.4. The second-order valence-electron chi connectivity index (χ2n) is 9.53. The minimum Gasteiger partial charge on any atom is -0.442 e. The summed E-state index contributed by atoms with van der Waals surface area (Å²) in [5.74, 6) is -0.839. The SMILES string of the molecule is CC(=O)NC[C@H]1CN(c2ccc([NH+]3CCN(C(=O)CCC(=O)c4ccc(CN)cc4)CC3)c(F)c2)C(=O)O1. The Kier molecular flexibility index (Phi) is 8.70. The molecule has 0 saturated carbocycles. The maximum Gasteiger partial charge on any atom is 0.414 e. The highest BCUT2D eigenvalue weighted by atomic mass is 19.1. The van der Waals surface area contributed by atoms with Gasteiger partial charge < -0.3 is 20.7 Å². The largest absolute Gasteiger partial charge is 0.442 e. The van der Waals surface area contributed by atoms with Crippen LogP contribution >= 0.6 is 0 Å². The predicted octanol–water partition coefficient (Wildman–Crippen LogP) is 0.767. The number of nitrogens with two attached hydrogens (primary N) is 1. The molecule has 0 aliphatic carbocycles. The molecule has 2 aliphatic heterocycles. The van der Waals surface area contributed by atoms with Crippen molar-refractivity contribution < 1.29 is 33.2 Å². The van der Waals surface area contributed by atoms with Crippen molar-refractivity contribution in [2.45, 2.75) is 32.4 Å². The van der Waals surface area contributed by atoms with E-state index in [0.717, 1.165) is 10.5 Å². The maximum absolute atomic E-state index is 15.1. The molecule has 4 rings (SSSR count). The standard InChI is InChI=1S/C27H32FN5O5/c1-18(34)30-16-22-17-33(27(37)38-22)21-6-7-24(23(28)14-21)31-10-12-32(13-11-31)26(36)9-8-25(35)20-4-2-19(15-29)3-5-20/h2-7,14,22H,8-13,15-17,29H2,1H3,(H,30,34)/p+1/t22-/m0/s1. The summed E-state index contributed by atoms with van der Waals surface area (Å²) in [5, 5.41) is 2.61. The van der Waals surface area contributed by atoms with Gasteiger partial charge in [-0.1, -0.05) is 24.3 Å². The Morgan fingerprint density at radius 3 is 2.45 bits per heavy atom. The molecular weight excluding hydrogens is 493 g/mol. The second kappa shape index (κ2) is 12.1. The van der Waals surface area contributed by atoms with E-state index in [4.69, 9.17) is 10.5 Å². The van der Waals surface area contributed by atoms with Crippen molar-refractivity contribution in [3.63, 3.8) is 0 Å². The molecule has 2 saturated heterocycles. The number of ether oxygens (including phenoxy) is 1.